The fraction of sp³-hybridized carbons (Fsp3) is 0.400. The van der Waals surface area contributed by atoms with Crippen LogP contribution in [0.15, 0.2) is 48.7 Å². The molecule has 1 aromatic heterocycles. The lowest BCUT2D eigenvalue weighted by Crippen LogP contribution is -2.41. The summed E-state index contributed by atoms with van der Waals surface area (Å²) in [5.41, 5.74) is 0.355. The maximum Gasteiger partial charge on any atom is 0.316 e. The monoisotopic (exact) mass is 369 g/mol. The SMILES string of the molecule is COC(=O)C1(c2ccccc2)CCC(CNc2ncccc2[N+](=O)[O-])CC1. The summed E-state index contributed by atoms with van der Waals surface area (Å²) in [5, 5.41) is 14.2. The fourth-order valence-electron chi connectivity index (χ4n) is 3.86. The van der Waals surface area contributed by atoms with Crippen molar-refractivity contribution >= 4 is 17.5 Å². The molecule has 1 N–H and O–H groups in total. The molecule has 0 radical (unpaired) electrons. The number of pyridine rings is 1. The summed E-state index contributed by atoms with van der Waals surface area (Å²) in [7, 11) is 1.43. The predicted octanol–water partition coefficient (Wildman–Crippen LogP) is 3.70. The highest BCUT2D eigenvalue weighted by Gasteiger charge is 2.44. The number of rotatable bonds is 6. The van der Waals surface area contributed by atoms with Crippen LogP contribution in [-0.2, 0) is 14.9 Å². The van der Waals surface area contributed by atoms with Gasteiger partial charge in [-0.25, -0.2) is 4.98 Å². The smallest absolute Gasteiger partial charge is 0.316 e. The number of methoxy groups -OCH3 is 1. The van der Waals surface area contributed by atoms with E-state index in [1.165, 1.54) is 19.4 Å². The summed E-state index contributed by atoms with van der Waals surface area (Å²) in [5.74, 6) is 0.406. The highest BCUT2D eigenvalue weighted by Crippen LogP contribution is 2.42. The van der Waals surface area contributed by atoms with Gasteiger partial charge in [0.05, 0.1) is 17.4 Å². The van der Waals surface area contributed by atoms with Gasteiger partial charge in [0.1, 0.15) is 0 Å². The highest BCUT2D eigenvalue weighted by molar-refractivity contribution is 5.83. The fourth-order valence-corrected chi connectivity index (χ4v) is 3.86. The van der Waals surface area contributed by atoms with Gasteiger partial charge in [0.2, 0.25) is 5.82 Å². The molecule has 0 spiro atoms. The molecule has 1 aliphatic rings. The number of nitrogens with one attached hydrogen (secondary N) is 1. The Labute approximate surface area is 157 Å². The molecule has 142 valence electrons. The maximum atomic E-state index is 12.6. The highest BCUT2D eigenvalue weighted by atomic mass is 16.6. The summed E-state index contributed by atoms with van der Waals surface area (Å²) in [6.07, 6.45) is 4.59. The van der Waals surface area contributed by atoms with E-state index in [-0.39, 0.29) is 17.5 Å². The third kappa shape index (κ3) is 3.92. The Morgan fingerprint density at radius 3 is 2.59 bits per heavy atom. The van der Waals surface area contributed by atoms with Gasteiger partial charge in [0.15, 0.2) is 0 Å². The Hall–Kier alpha value is -2.96. The summed E-state index contributed by atoms with van der Waals surface area (Å²) in [4.78, 5) is 27.3. The maximum absolute atomic E-state index is 12.6. The lowest BCUT2D eigenvalue weighted by atomic mass is 9.66. The first-order chi connectivity index (χ1) is 13.1. The molecular formula is C20H23N3O4. The first-order valence-corrected chi connectivity index (χ1v) is 9.04. The molecule has 0 aliphatic heterocycles. The lowest BCUT2D eigenvalue weighted by molar-refractivity contribution is -0.384. The molecule has 27 heavy (non-hydrogen) atoms. The Morgan fingerprint density at radius 1 is 1.26 bits per heavy atom. The zero-order valence-electron chi connectivity index (χ0n) is 15.3. The summed E-state index contributed by atoms with van der Waals surface area (Å²) in [6.45, 7) is 0.587. The van der Waals surface area contributed by atoms with Crippen molar-refractivity contribution in [3.05, 3.63) is 64.3 Å². The minimum atomic E-state index is -0.608. The first kappa shape index (κ1) is 18.8. The van der Waals surface area contributed by atoms with Crippen LogP contribution in [0.1, 0.15) is 31.2 Å². The number of anilines is 1. The molecule has 0 atom stereocenters. The van der Waals surface area contributed by atoms with Crippen LogP contribution in [-0.4, -0.2) is 29.5 Å². The molecule has 2 aromatic rings. The Kier molecular flexibility index (Phi) is 5.69. The molecule has 0 amide bonds. The van der Waals surface area contributed by atoms with Crippen LogP contribution >= 0.6 is 0 Å². The largest absolute Gasteiger partial charge is 0.468 e. The minimum absolute atomic E-state index is 0.0264. The van der Waals surface area contributed by atoms with Crippen molar-refractivity contribution < 1.29 is 14.5 Å². The van der Waals surface area contributed by atoms with Gasteiger partial charge in [-0.15, -0.1) is 0 Å². The molecule has 1 saturated carbocycles. The zero-order valence-corrected chi connectivity index (χ0v) is 15.3. The van der Waals surface area contributed by atoms with Crippen molar-refractivity contribution in [2.24, 2.45) is 5.92 Å². The quantitative estimate of drug-likeness (QED) is 0.474. The van der Waals surface area contributed by atoms with Crippen LogP contribution in [0.5, 0.6) is 0 Å². The molecule has 1 fully saturated rings. The Balaban J connectivity index is 1.67. The number of nitro groups is 1. The topological polar surface area (TPSA) is 94.4 Å². The van der Waals surface area contributed by atoms with E-state index in [1.807, 2.05) is 30.3 Å². The molecule has 7 nitrogen and oxygen atoms in total. The number of nitrogens with zero attached hydrogens (tertiary/aromatic N) is 2. The molecule has 3 rings (SSSR count). The van der Waals surface area contributed by atoms with E-state index in [2.05, 4.69) is 10.3 Å². The molecule has 7 heteroatoms. The van der Waals surface area contributed by atoms with E-state index < -0.39 is 10.3 Å². The first-order valence-electron chi connectivity index (χ1n) is 9.04. The normalized spacial score (nSPS) is 22.0. The molecule has 1 heterocycles. The van der Waals surface area contributed by atoms with Gasteiger partial charge in [-0.2, -0.15) is 0 Å². The third-order valence-corrected chi connectivity index (χ3v) is 5.40. The average Bonchev–Trinajstić information content (AvgIpc) is 2.72. The van der Waals surface area contributed by atoms with E-state index in [9.17, 15) is 14.9 Å². The number of benzene rings is 1. The zero-order chi connectivity index (χ0) is 19.3. The van der Waals surface area contributed by atoms with Gasteiger partial charge in [0, 0.05) is 18.8 Å². The number of aromatic nitrogens is 1. The second-order valence-electron chi connectivity index (χ2n) is 6.89. The Morgan fingerprint density at radius 2 is 1.96 bits per heavy atom. The Bertz CT molecular complexity index is 802. The van der Waals surface area contributed by atoms with Crippen molar-refractivity contribution in [2.75, 3.05) is 19.0 Å². The number of carbonyl (C=O) groups is 1. The van der Waals surface area contributed by atoms with Crippen molar-refractivity contribution in [2.45, 2.75) is 31.1 Å². The van der Waals surface area contributed by atoms with Crippen molar-refractivity contribution in [1.29, 1.82) is 0 Å². The van der Waals surface area contributed by atoms with Gasteiger partial charge >= 0.3 is 11.7 Å². The van der Waals surface area contributed by atoms with Gasteiger partial charge in [-0.1, -0.05) is 30.3 Å². The van der Waals surface area contributed by atoms with Crippen LogP contribution in [0.4, 0.5) is 11.5 Å². The van der Waals surface area contributed by atoms with Gasteiger partial charge in [-0.05, 0) is 43.2 Å². The second kappa shape index (κ2) is 8.16. The summed E-state index contributed by atoms with van der Waals surface area (Å²) in [6, 6.07) is 12.8. The van der Waals surface area contributed by atoms with E-state index >= 15 is 0 Å². The molecule has 0 saturated heterocycles. The van der Waals surface area contributed by atoms with E-state index in [4.69, 9.17) is 4.74 Å². The number of hydrogen-bond acceptors (Lipinski definition) is 6. The van der Waals surface area contributed by atoms with Gasteiger partial charge < -0.3 is 10.1 Å². The molecule has 1 aliphatic carbocycles. The molecular weight excluding hydrogens is 346 g/mol. The third-order valence-electron chi connectivity index (χ3n) is 5.40. The molecule has 0 bridgehead atoms. The standard InChI is InChI=1S/C20H23N3O4/c1-27-19(24)20(16-6-3-2-4-7-16)11-9-15(10-12-20)14-22-18-17(23(25)26)8-5-13-21-18/h2-8,13,15H,9-12,14H2,1H3,(H,21,22). The van der Waals surface area contributed by atoms with Crippen molar-refractivity contribution in [1.82, 2.24) is 4.98 Å². The van der Waals surface area contributed by atoms with Crippen LogP contribution in [0.2, 0.25) is 0 Å². The van der Waals surface area contributed by atoms with Crippen LogP contribution in [0.3, 0.4) is 0 Å². The minimum Gasteiger partial charge on any atom is -0.468 e. The number of hydrogen-bond donors (Lipinski definition) is 1. The average molecular weight is 369 g/mol. The summed E-state index contributed by atoms with van der Waals surface area (Å²) < 4.78 is 5.11. The molecule has 1 aromatic carbocycles. The van der Waals surface area contributed by atoms with Gasteiger partial charge in [-0.3, -0.25) is 14.9 Å². The predicted molar refractivity (Wildman–Crippen MR) is 101 cm³/mol. The van der Waals surface area contributed by atoms with E-state index in [1.54, 1.807) is 6.07 Å². The van der Waals surface area contributed by atoms with Crippen LogP contribution < -0.4 is 5.32 Å². The number of carbonyl (C=O) groups excluding carboxylic acids is 1. The molecule has 0 unspecified atom stereocenters. The van der Waals surface area contributed by atoms with Crippen molar-refractivity contribution in [3.63, 3.8) is 0 Å². The number of ether oxygens (including phenoxy) is 1. The summed E-state index contributed by atoms with van der Waals surface area (Å²) >= 11 is 0. The lowest BCUT2D eigenvalue weighted by Gasteiger charge is -2.38. The van der Waals surface area contributed by atoms with Crippen molar-refractivity contribution in [3.8, 4) is 0 Å². The van der Waals surface area contributed by atoms with Crippen LogP contribution in [0.25, 0.3) is 0 Å². The van der Waals surface area contributed by atoms with E-state index in [0.717, 1.165) is 18.4 Å². The van der Waals surface area contributed by atoms with Crippen LogP contribution in [0, 0.1) is 16.0 Å². The van der Waals surface area contributed by atoms with E-state index in [0.29, 0.717) is 25.3 Å². The van der Waals surface area contributed by atoms with Gasteiger partial charge in [0.25, 0.3) is 0 Å². The second-order valence-corrected chi connectivity index (χ2v) is 6.89. The number of esters is 1.